The van der Waals surface area contributed by atoms with Crippen molar-refractivity contribution in [3.8, 4) is 5.75 Å². The van der Waals surface area contributed by atoms with E-state index in [2.05, 4.69) is 44.4 Å². The van der Waals surface area contributed by atoms with E-state index < -0.39 is 0 Å². The molecular formula is C18H27NO. The predicted molar refractivity (Wildman–Crippen MR) is 83.3 cm³/mol. The summed E-state index contributed by atoms with van der Waals surface area (Å²) in [6.45, 7) is 4.30. The van der Waals surface area contributed by atoms with Gasteiger partial charge in [-0.25, -0.2) is 0 Å². The molecule has 0 bridgehead atoms. The molecule has 0 amide bonds. The van der Waals surface area contributed by atoms with Gasteiger partial charge in [0.05, 0.1) is 0 Å². The predicted octanol–water partition coefficient (Wildman–Crippen LogP) is 3.99. The molecule has 2 aliphatic carbocycles. The Morgan fingerprint density at radius 1 is 1.15 bits per heavy atom. The Labute approximate surface area is 122 Å². The quantitative estimate of drug-likeness (QED) is 0.899. The lowest BCUT2D eigenvalue weighted by Crippen LogP contribution is -2.64. The average Bonchev–Trinajstić information content (AvgIpc) is 2.45. The molecule has 2 fully saturated rings. The van der Waals surface area contributed by atoms with E-state index in [1.165, 1.54) is 43.2 Å². The summed E-state index contributed by atoms with van der Waals surface area (Å²) in [5.41, 5.74) is 2.97. The molecule has 2 nitrogen and oxygen atoms in total. The highest BCUT2D eigenvalue weighted by atomic mass is 16.5. The molecule has 1 spiro atoms. The Morgan fingerprint density at radius 2 is 1.90 bits per heavy atom. The lowest BCUT2D eigenvalue weighted by molar-refractivity contribution is -0.101. The maximum Gasteiger partial charge on any atom is 0.122 e. The first-order chi connectivity index (χ1) is 9.65. The van der Waals surface area contributed by atoms with E-state index in [0.717, 1.165) is 12.2 Å². The number of hydrogen-bond donors (Lipinski definition) is 1. The van der Waals surface area contributed by atoms with Gasteiger partial charge in [0.25, 0.3) is 0 Å². The molecule has 20 heavy (non-hydrogen) atoms. The Balaban J connectivity index is 1.77. The number of rotatable bonds is 3. The van der Waals surface area contributed by atoms with Gasteiger partial charge < -0.3 is 10.1 Å². The van der Waals surface area contributed by atoms with Crippen molar-refractivity contribution >= 4 is 0 Å². The molecule has 2 unspecified atom stereocenters. The van der Waals surface area contributed by atoms with Crippen molar-refractivity contribution in [2.24, 2.45) is 5.41 Å². The Hall–Kier alpha value is -1.02. The van der Waals surface area contributed by atoms with Gasteiger partial charge in [0, 0.05) is 17.9 Å². The van der Waals surface area contributed by atoms with Crippen molar-refractivity contribution in [3.05, 3.63) is 29.3 Å². The monoisotopic (exact) mass is 273 g/mol. The van der Waals surface area contributed by atoms with Crippen LogP contribution in [0.25, 0.3) is 0 Å². The molecule has 0 saturated heterocycles. The number of ether oxygens (including phenoxy) is 1. The minimum absolute atomic E-state index is 0.393. The fourth-order valence-corrected chi connectivity index (χ4v) is 4.28. The zero-order chi connectivity index (χ0) is 14.2. The highest BCUT2D eigenvalue weighted by Crippen LogP contribution is 2.53. The Bertz CT molecular complexity index is 476. The summed E-state index contributed by atoms with van der Waals surface area (Å²) in [6, 6.07) is 7.17. The first-order valence-electron chi connectivity index (χ1n) is 8.07. The van der Waals surface area contributed by atoms with Crippen LogP contribution in [-0.2, 0) is 0 Å². The number of nitrogens with one attached hydrogen (secondary N) is 1. The molecule has 0 heterocycles. The second kappa shape index (κ2) is 5.40. The van der Waals surface area contributed by atoms with Gasteiger partial charge in [0.15, 0.2) is 0 Å². The maximum atomic E-state index is 6.42. The van der Waals surface area contributed by atoms with E-state index >= 15 is 0 Å². The van der Waals surface area contributed by atoms with Crippen molar-refractivity contribution < 1.29 is 4.74 Å². The average molecular weight is 273 g/mol. The summed E-state index contributed by atoms with van der Waals surface area (Å²) in [5.74, 6) is 1.08. The number of hydrogen-bond acceptors (Lipinski definition) is 2. The minimum Gasteiger partial charge on any atom is -0.489 e. The van der Waals surface area contributed by atoms with E-state index in [4.69, 9.17) is 4.74 Å². The minimum atomic E-state index is 0.393. The van der Waals surface area contributed by atoms with Crippen molar-refractivity contribution in [2.45, 2.75) is 64.5 Å². The normalized spacial score (nSPS) is 28.1. The van der Waals surface area contributed by atoms with Gasteiger partial charge in [-0.2, -0.15) is 0 Å². The van der Waals surface area contributed by atoms with Gasteiger partial charge in [0.2, 0.25) is 0 Å². The smallest absolute Gasteiger partial charge is 0.122 e. The molecule has 1 N–H and O–H groups in total. The highest BCUT2D eigenvalue weighted by Gasteiger charge is 2.55. The van der Waals surface area contributed by atoms with Crippen LogP contribution in [0.2, 0.25) is 0 Å². The van der Waals surface area contributed by atoms with Crippen LogP contribution >= 0.6 is 0 Å². The first-order valence-corrected chi connectivity index (χ1v) is 8.07. The van der Waals surface area contributed by atoms with Gasteiger partial charge in [-0.05, 0) is 45.4 Å². The second-order valence-electron chi connectivity index (χ2n) is 6.75. The fourth-order valence-electron chi connectivity index (χ4n) is 4.28. The number of aryl methyl sites for hydroxylation is 2. The Morgan fingerprint density at radius 3 is 2.55 bits per heavy atom. The van der Waals surface area contributed by atoms with Gasteiger partial charge in [-0.3, -0.25) is 0 Å². The van der Waals surface area contributed by atoms with Crippen molar-refractivity contribution in [2.75, 3.05) is 7.05 Å². The molecule has 2 aliphatic rings. The summed E-state index contributed by atoms with van der Waals surface area (Å²) in [5, 5.41) is 3.52. The van der Waals surface area contributed by atoms with E-state index in [0.29, 0.717) is 17.6 Å². The van der Waals surface area contributed by atoms with Crippen LogP contribution in [0.1, 0.15) is 49.7 Å². The molecule has 3 rings (SSSR count). The summed E-state index contributed by atoms with van der Waals surface area (Å²) in [7, 11) is 2.11. The molecule has 2 atom stereocenters. The Kier molecular flexibility index (Phi) is 3.76. The fraction of sp³-hybridized carbons (Fsp3) is 0.667. The molecular weight excluding hydrogens is 246 g/mol. The molecule has 0 aromatic heterocycles. The van der Waals surface area contributed by atoms with Gasteiger partial charge in [-0.15, -0.1) is 0 Å². The van der Waals surface area contributed by atoms with Gasteiger partial charge in [-0.1, -0.05) is 37.0 Å². The number of benzene rings is 1. The van der Waals surface area contributed by atoms with Crippen LogP contribution < -0.4 is 10.1 Å². The molecule has 2 saturated carbocycles. The summed E-state index contributed by atoms with van der Waals surface area (Å²) in [6.07, 6.45) is 8.35. The zero-order valence-corrected chi connectivity index (χ0v) is 13.0. The SMILES string of the molecule is CNC1CC(Oc2ccc(C)cc2C)C12CCCCC2. The standard InChI is InChI=1S/C18H27NO/c1-13-7-8-15(14(2)11-13)20-17-12-16(19-3)18(17)9-5-4-6-10-18/h7-8,11,16-17,19H,4-6,9-10,12H2,1-3H3. The van der Waals surface area contributed by atoms with E-state index in [9.17, 15) is 0 Å². The van der Waals surface area contributed by atoms with Crippen molar-refractivity contribution in [1.82, 2.24) is 5.32 Å². The molecule has 110 valence electrons. The topological polar surface area (TPSA) is 21.3 Å². The first kappa shape index (κ1) is 13.9. The van der Waals surface area contributed by atoms with Gasteiger partial charge in [0.1, 0.15) is 11.9 Å². The summed E-state index contributed by atoms with van der Waals surface area (Å²) >= 11 is 0. The van der Waals surface area contributed by atoms with Gasteiger partial charge >= 0.3 is 0 Å². The molecule has 0 radical (unpaired) electrons. The molecule has 1 aromatic rings. The highest BCUT2D eigenvalue weighted by molar-refractivity contribution is 5.36. The lowest BCUT2D eigenvalue weighted by Gasteiger charge is -2.57. The van der Waals surface area contributed by atoms with E-state index in [1.807, 2.05) is 0 Å². The molecule has 1 aromatic carbocycles. The van der Waals surface area contributed by atoms with Crippen molar-refractivity contribution in [3.63, 3.8) is 0 Å². The van der Waals surface area contributed by atoms with Crippen LogP contribution in [0.4, 0.5) is 0 Å². The van der Waals surface area contributed by atoms with Crippen LogP contribution in [0.15, 0.2) is 18.2 Å². The van der Waals surface area contributed by atoms with E-state index in [1.54, 1.807) is 0 Å². The van der Waals surface area contributed by atoms with Crippen LogP contribution in [-0.4, -0.2) is 19.2 Å². The van der Waals surface area contributed by atoms with Crippen LogP contribution in [0.5, 0.6) is 5.75 Å². The third kappa shape index (κ3) is 2.24. The zero-order valence-electron chi connectivity index (χ0n) is 13.0. The van der Waals surface area contributed by atoms with Crippen LogP contribution in [0, 0.1) is 19.3 Å². The largest absolute Gasteiger partial charge is 0.489 e. The molecule has 2 heteroatoms. The summed E-state index contributed by atoms with van der Waals surface area (Å²) < 4.78 is 6.42. The summed E-state index contributed by atoms with van der Waals surface area (Å²) in [4.78, 5) is 0. The van der Waals surface area contributed by atoms with E-state index in [-0.39, 0.29) is 0 Å². The second-order valence-corrected chi connectivity index (χ2v) is 6.75. The third-order valence-electron chi connectivity index (χ3n) is 5.52. The molecule has 0 aliphatic heterocycles. The lowest BCUT2D eigenvalue weighted by atomic mass is 9.55. The van der Waals surface area contributed by atoms with Crippen molar-refractivity contribution in [1.29, 1.82) is 0 Å². The van der Waals surface area contributed by atoms with Crippen LogP contribution in [0.3, 0.4) is 0 Å². The maximum absolute atomic E-state index is 6.42. The third-order valence-corrected chi connectivity index (χ3v) is 5.52.